The predicted molar refractivity (Wildman–Crippen MR) is 77.0 cm³/mol. The van der Waals surface area contributed by atoms with E-state index in [1.807, 2.05) is 55.1 Å². The zero-order valence-electron chi connectivity index (χ0n) is 10.6. The van der Waals surface area contributed by atoms with Gasteiger partial charge in [0.05, 0.1) is 0 Å². The van der Waals surface area contributed by atoms with E-state index >= 15 is 0 Å². The molecule has 0 unspecified atom stereocenters. The van der Waals surface area contributed by atoms with Crippen molar-refractivity contribution in [3.05, 3.63) is 42.5 Å². The zero-order valence-corrected chi connectivity index (χ0v) is 11.5. The maximum absolute atomic E-state index is 12.1. The lowest BCUT2D eigenvalue weighted by molar-refractivity contribution is 0.228. The molecule has 3 heteroatoms. The maximum atomic E-state index is 12.1. The summed E-state index contributed by atoms with van der Waals surface area (Å²) < 4.78 is 0. The number of rotatable bonds is 3. The second kappa shape index (κ2) is 5.91. The monoisotopic (exact) mass is 258 g/mol. The highest BCUT2D eigenvalue weighted by atomic mass is 32.2. The van der Waals surface area contributed by atoms with Crippen LogP contribution in [0.25, 0.3) is 10.8 Å². The average Bonchev–Trinajstić information content (AvgIpc) is 2.40. The summed E-state index contributed by atoms with van der Waals surface area (Å²) in [5.41, 5.74) is 0. The van der Waals surface area contributed by atoms with Crippen LogP contribution in [0.15, 0.2) is 41.3 Å². The van der Waals surface area contributed by atoms with E-state index in [1.165, 1.54) is 11.8 Å². The van der Waals surface area contributed by atoms with Gasteiger partial charge in [0.15, 0.2) is 0 Å². The molecule has 0 spiro atoms. The number of fused-ring (bicyclic) bond motifs is 1. The summed E-state index contributed by atoms with van der Waals surface area (Å²) >= 11 is 1.29. The molecular weight excluding hydrogens is 242 g/mol. The largest absolute Gasteiger partial charge is 0.334 e. The highest BCUT2D eigenvalue weighted by Gasteiger charge is 2.12. The molecule has 18 heavy (non-hydrogen) atoms. The van der Waals surface area contributed by atoms with Gasteiger partial charge in [0.25, 0.3) is 5.24 Å². The number of nitrogens with zero attached hydrogens (tertiary/aromatic N) is 1. The molecule has 0 heterocycles. The van der Waals surface area contributed by atoms with Gasteiger partial charge < -0.3 is 4.90 Å². The van der Waals surface area contributed by atoms with E-state index in [1.54, 1.807) is 0 Å². The van der Waals surface area contributed by atoms with E-state index < -0.39 is 0 Å². The third-order valence-electron chi connectivity index (χ3n) is 2.88. The maximum Gasteiger partial charge on any atom is 0.286 e. The fourth-order valence-electron chi connectivity index (χ4n) is 1.85. The molecule has 93 valence electrons. The number of carbonyl (C=O) groups is 1. The van der Waals surface area contributed by atoms with Gasteiger partial charge in [-0.1, -0.05) is 30.3 Å². The van der Waals surface area contributed by atoms with Crippen LogP contribution in [0.3, 0.4) is 0 Å². The number of hydrogen-bond donors (Lipinski definition) is 0. The summed E-state index contributed by atoms with van der Waals surface area (Å²) in [6.07, 6.45) is 0. The Morgan fingerprint density at radius 3 is 2.67 bits per heavy atom. The summed E-state index contributed by atoms with van der Waals surface area (Å²) in [6.45, 7) is 5.49. The predicted octanol–water partition coefficient (Wildman–Crippen LogP) is 4.19. The van der Waals surface area contributed by atoms with Crippen LogP contribution in [0, 0.1) is 6.07 Å². The molecular formula is C15H16NOS. The molecule has 2 aromatic rings. The molecule has 0 aliphatic rings. The fourth-order valence-corrected chi connectivity index (χ4v) is 2.85. The number of amides is 1. The van der Waals surface area contributed by atoms with Crippen LogP contribution in [0.2, 0.25) is 0 Å². The van der Waals surface area contributed by atoms with Gasteiger partial charge in [0.1, 0.15) is 0 Å². The van der Waals surface area contributed by atoms with Crippen molar-refractivity contribution in [2.45, 2.75) is 18.7 Å². The van der Waals surface area contributed by atoms with Crippen LogP contribution >= 0.6 is 11.8 Å². The van der Waals surface area contributed by atoms with Gasteiger partial charge in [0.2, 0.25) is 0 Å². The van der Waals surface area contributed by atoms with E-state index in [-0.39, 0.29) is 5.24 Å². The highest BCUT2D eigenvalue weighted by Crippen LogP contribution is 2.29. The number of benzene rings is 2. The van der Waals surface area contributed by atoms with Gasteiger partial charge in [0, 0.05) is 23.4 Å². The van der Waals surface area contributed by atoms with E-state index in [9.17, 15) is 4.79 Å². The Kier molecular flexibility index (Phi) is 4.26. The highest BCUT2D eigenvalue weighted by molar-refractivity contribution is 8.13. The summed E-state index contributed by atoms with van der Waals surface area (Å²) in [5, 5.41) is 2.24. The minimum absolute atomic E-state index is 0.102. The molecule has 1 radical (unpaired) electrons. The quantitative estimate of drug-likeness (QED) is 0.769. The van der Waals surface area contributed by atoms with E-state index in [2.05, 4.69) is 6.07 Å². The molecule has 0 aliphatic carbocycles. The molecule has 2 aromatic carbocycles. The second-order valence-corrected chi connectivity index (χ2v) is 4.92. The van der Waals surface area contributed by atoms with Gasteiger partial charge in [-0.15, -0.1) is 0 Å². The second-order valence-electron chi connectivity index (χ2n) is 3.93. The summed E-state index contributed by atoms with van der Waals surface area (Å²) in [4.78, 5) is 14.9. The van der Waals surface area contributed by atoms with Crippen molar-refractivity contribution in [2.24, 2.45) is 0 Å². The molecule has 0 aliphatic heterocycles. The lowest BCUT2D eigenvalue weighted by atomic mass is 10.1. The van der Waals surface area contributed by atoms with Crippen molar-refractivity contribution in [1.29, 1.82) is 0 Å². The number of carbonyl (C=O) groups excluding carboxylic acids is 1. The smallest absolute Gasteiger partial charge is 0.286 e. The molecule has 2 rings (SSSR count). The van der Waals surface area contributed by atoms with Crippen LogP contribution in [0.1, 0.15) is 13.8 Å². The molecule has 2 nitrogen and oxygen atoms in total. The first kappa shape index (κ1) is 13.0. The topological polar surface area (TPSA) is 20.3 Å². The third kappa shape index (κ3) is 2.67. The van der Waals surface area contributed by atoms with Gasteiger partial charge >= 0.3 is 0 Å². The first-order valence-electron chi connectivity index (χ1n) is 6.12. The molecule has 0 aromatic heterocycles. The molecule has 1 amide bonds. The van der Waals surface area contributed by atoms with Gasteiger partial charge in [-0.2, -0.15) is 0 Å². The van der Waals surface area contributed by atoms with Crippen LogP contribution in [-0.2, 0) is 0 Å². The lowest BCUT2D eigenvalue weighted by Crippen LogP contribution is -2.26. The summed E-state index contributed by atoms with van der Waals surface area (Å²) in [7, 11) is 0. The minimum Gasteiger partial charge on any atom is -0.334 e. The Bertz CT molecular complexity index is 544. The van der Waals surface area contributed by atoms with Gasteiger partial charge in [-0.3, -0.25) is 4.79 Å². The fraction of sp³-hybridized carbons (Fsp3) is 0.267. The number of hydrogen-bond acceptors (Lipinski definition) is 2. The third-order valence-corrected chi connectivity index (χ3v) is 3.87. The molecule has 0 saturated carbocycles. The Hall–Kier alpha value is -1.48. The lowest BCUT2D eigenvalue weighted by Gasteiger charge is -2.18. The van der Waals surface area contributed by atoms with E-state index in [4.69, 9.17) is 0 Å². The average molecular weight is 258 g/mol. The van der Waals surface area contributed by atoms with Crippen LogP contribution in [0.4, 0.5) is 4.79 Å². The van der Waals surface area contributed by atoms with E-state index in [0.717, 1.165) is 28.8 Å². The van der Waals surface area contributed by atoms with Crippen molar-refractivity contribution in [1.82, 2.24) is 4.90 Å². The first-order valence-corrected chi connectivity index (χ1v) is 6.94. The molecule has 0 atom stereocenters. The first-order chi connectivity index (χ1) is 8.76. The summed E-state index contributed by atoms with van der Waals surface area (Å²) in [6, 6.07) is 15.1. The van der Waals surface area contributed by atoms with Crippen molar-refractivity contribution >= 4 is 27.8 Å². The van der Waals surface area contributed by atoms with Crippen molar-refractivity contribution < 1.29 is 4.79 Å². The van der Waals surface area contributed by atoms with Crippen LogP contribution < -0.4 is 0 Å². The van der Waals surface area contributed by atoms with Crippen LogP contribution in [0.5, 0.6) is 0 Å². The Balaban J connectivity index is 2.29. The minimum atomic E-state index is 0.102. The van der Waals surface area contributed by atoms with Gasteiger partial charge in [-0.25, -0.2) is 0 Å². The van der Waals surface area contributed by atoms with Gasteiger partial charge in [-0.05, 0) is 43.1 Å². The standard InChI is InChI=1S/C15H16NOS/c1-3-16(4-2)15(17)18-14-11-7-9-12-8-5-6-10-13(12)14/h5-9,11H,3-4H2,1-2H3. The number of thioether (sulfide) groups is 1. The zero-order chi connectivity index (χ0) is 13.0. The van der Waals surface area contributed by atoms with Crippen molar-refractivity contribution in [3.63, 3.8) is 0 Å². The Labute approximate surface area is 112 Å². The van der Waals surface area contributed by atoms with E-state index in [0.29, 0.717) is 0 Å². The van der Waals surface area contributed by atoms with Crippen molar-refractivity contribution in [2.75, 3.05) is 13.1 Å². The van der Waals surface area contributed by atoms with Crippen LogP contribution in [-0.4, -0.2) is 23.2 Å². The SMILES string of the molecule is CCN(CC)C(=O)Sc1cccc2ccc[c]c12. The Morgan fingerprint density at radius 2 is 1.94 bits per heavy atom. The molecule has 0 fully saturated rings. The van der Waals surface area contributed by atoms with Crippen molar-refractivity contribution in [3.8, 4) is 0 Å². The normalized spacial score (nSPS) is 10.6. The summed E-state index contributed by atoms with van der Waals surface area (Å²) in [5.74, 6) is 0. The Morgan fingerprint density at radius 1 is 1.22 bits per heavy atom. The molecule has 0 bridgehead atoms. The molecule has 0 saturated heterocycles. The molecule has 0 N–H and O–H groups in total.